The van der Waals surface area contributed by atoms with Crippen molar-refractivity contribution in [1.82, 2.24) is 0 Å². The van der Waals surface area contributed by atoms with Gasteiger partial charge in [-0.2, -0.15) is 0 Å². The van der Waals surface area contributed by atoms with Crippen molar-refractivity contribution in [2.75, 3.05) is 19.0 Å². The third-order valence-corrected chi connectivity index (χ3v) is 4.20. The molecule has 4 nitrogen and oxygen atoms in total. The predicted octanol–water partition coefficient (Wildman–Crippen LogP) is 4.63. The molecule has 1 N–H and O–H groups in total. The Kier molecular flexibility index (Phi) is 7.56. The number of hydrogen-bond donors (Lipinski definition) is 1. The maximum Gasteiger partial charge on any atom is 0.256 e. The van der Waals surface area contributed by atoms with E-state index in [1.54, 1.807) is 7.11 Å². The second-order valence-electron chi connectivity index (χ2n) is 6.22. The van der Waals surface area contributed by atoms with Crippen LogP contribution in [0.15, 0.2) is 12.1 Å². The number of carbonyl (C=O) groups excluding carboxylic acids is 1. The quantitative estimate of drug-likeness (QED) is 0.675. The number of aryl methyl sites for hydroxylation is 2. The van der Waals surface area contributed by atoms with Gasteiger partial charge < -0.3 is 14.8 Å². The first-order valence-electron chi connectivity index (χ1n) is 8.48. The highest BCUT2D eigenvalue weighted by molar-refractivity contribution is 5.97. The molecule has 1 amide bonds. The summed E-state index contributed by atoms with van der Waals surface area (Å²) in [5.74, 6) is 0.794. The van der Waals surface area contributed by atoms with Crippen LogP contribution in [-0.4, -0.2) is 25.2 Å². The fourth-order valence-corrected chi connectivity index (χ4v) is 2.68. The van der Waals surface area contributed by atoms with Gasteiger partial charge in [0.2, 0.25) is 0 Å². The zero-order chi connectivity index (χ0) is 17.5. The first kappa shape index (κ1) is 19.5. The molecule has 0 spiro atoms. The Morgan fingerprint density at radius 2 is 1.78 bits per heavy atom. The highest BCUT2D eigenvalue weighted by Crippen LogP contribution is 2.28. The average molecular weight is 321 g/mol. The molecule has 1 atom stereocenters. The molecule has 0 unspecified atom stereocenters. The monoisotopic (exact) mass is 321 g/mol. The Morgan fingerprint density at radius 1 is 1.17 bits per heavy atom. The summed E-state index contributed by atoms with van der Waals surface area (Å²) in [6, 6.07) is 3.88. The predicted molar refractivity (Wildman–Crippen MR) is 95.3 cm³/mol. The third kappa shape index (κ3) is 5.24. The molecule has 23 heavy (non-hydrogen) atoms. The van der Waals surface area contributed by atoms with Crippen molar-refractivity contribution < 1.29 is 14.3 Å². The first-order valence-corrected chi connectivity index (χ1v) is 8.48. The van der Waals surface area contributed by atoms with E-state index in [0.717, 1.165) is 48.2 Å². The summed E-state index contributed by atoms with van der Waals surface area (Å²) in [6.45, 7) is 10.6. The summed E-state index contributed by atoms with van der Waals surface area (Å²) in [4.78, 5) is 12.6. The lowest BCUT2D eigenvalue weighted by Crippen LogP contribution is -2.42. The van der Waals surface area contributed by atoms with Crippen molar-refractivity contribution in [1.29, 1.82) is 0 Å². The van der Waals surface area contributed by atoms with E-state index in [-0.39, 0.29) is 5.91 Å². The van der Waals surface area contributed by atoms with Gasteiger partial charge in [0.25, 0.3) is 5.91 Å². The minimum Gasteiger partial charge on any atom is -0.493 e. The maximum atomic E-state index is 12.6. The molecule has 0 aliphatic heterocycles. The number of nitrogens with one attached hydrogen (secondary N) is 1. The Labute approximate surface area is 140 Å². The molecular weight excluding hydrogens is 290 g/mol. The molecule has 0 saturated heterocycles. The fourth-order valence-electron chi connectivity index (χ4n) is 2.68. The van der Waals surface area contributed by atoms with E-state index in [1.807, 2.05) is 39.8 Å². The number of benzene rings is 1. The Bertz CT molecular complexity index is 504. The lowest BCUT2D eigenvalue weighted by Gasteiger charge is -2.27. The van der Waals surface area contributed by atoms with Gasteiger partial charge in [0.1, 0.15) is 11.4 Å². The van der Waals surface area contributed by atoms with Gasteiger partial charge in [0.05, 0.1) is 6.61 Å². The van der Waals surface area contributed by atoms with Crippen molar-refractivity contribution in [3.63, 3.8) is 0 Å². The summed E-state index contributed by atoms with van der Waals surface area (Å²) < 4.78 is 11.1. The molecule has 0 heterocycles. The molecule has 0 aromatic heterocycles. The van der Waals surface area contributed by atoms with Crippen LogP contribution in [0.1, 0.15) is 57.6 Å². The second-order valence-corrected chi connectivity index (χ2v) is 6.22. The van der Waals surface area contributed by atoms with Crippen molar-refractivity contribution in [3.05, 3.63) is 23.3 Å². The molecule has 0 aliphatic carbocycles. The summed E-state index contributed by atoms with van der Waals surface area (Å²) in [5, 5.41) is 2.99. The van der Waals surface area contributed by atoms with Crippen LogP contribution in [0.2, 0.25) is 0 Å². The standard InChI is InChI=1S/C19H31NO3/c1-7-9-10-11-19(5,22-6)18(21)20-16-12-14(3)17(23-8-2)15(4)13-16/h12-13H,7-11H2,1-6H3,(H,20,21)/t19-/m1/s1. The van der Waals surface area contributed by atoms with Gasteiger partial charge in [-0.1, -0.05) is 26.2 Å². The Morgan fingerprint density at radius 3 is 2.26 bits per heavy atom. The van der Waals surface area contributed by atoms with Gasteiger partial charge in [-0.3, -0.25) is 4.79 Å². The number of carbonyl (C=O) groups is 1. The fraction of sp³-hybridized carbons (Fsp3) is 0.632. The van der Waals surface area contributed by atoms with E-state index >= 15 is 0 Å². The molecule has 0 radical (unpaired) electrons. The van der Waals surface area contributed by atoms with Crippen LogP contribution in [0, 0.1) is 13.8 Å². The van der Waals surface area contributed by atoms with E-state index in [2.05, 4.69) is 12.2 Å². The van der Waals surface area contributed by atoms with Crippen molar-refractivity contribution in [2.45, 2.75) is 65.9 Å². The lowest BCUT2D eigenvalue weighted by atomic mass is 9.96. The van der Waals surface area contributed by atoms with Crippen molar-refractivity contribution in [2.24, 2.45) is 0 Å². The first-order chi connectivity index (χ1) is 10.9. The van der Waals surface area contributed by atoms with Gasteiger partial charge in [0.15, 0.2) is 0 Å². The van der Waals surface area contributed by atoms with Crippen molar-refractivity contribution >= 4 is 11.6 Å². The zero-order valence-electron chi connectivity index (χ0n) is 15.4. The van der Waals surface area contributed by atoms with Crippen LogP contribution in [-0.2, 0) is 9.53 Å². The van der Waals surface area contributed by atoms with E-state index < -0.39 is 5.60 Å². The van der Waals surface area contributed by atoms with E-state index in [9.17, 15) is 4.79 Å². The minimum atomic E-state index is -0.796. The highest BCUT2D eigenvalue weighted by atomic mass is 16.5. The number of ether oxygens (including phenoxy) is 2. The number of amides is 1. The van der Waals surface area contributed by atoms with Crippen LogP contribution in [0.4, 0.5) is 5.69 Å². The number of rotatable bonds is 9. The number of unbranched alkanes of at least 4 members (excludes halogenated alkanes) is 2. The summed E-state index contributed by atoms with van der Waals surface area (Å²) >= 11 is 0. The van der Waals surface area contributed by atoms with Crippen LogP contribution in [0.5, 0.6) is 5.75 Å². The maximum absolute atomic E-state index is 12.6. The zero-order valence-corrected chi connectivity index (χ0v) is 15.4. The topological polar surface area (TPSA) is 47.6 Å². The molecule has 1 aromatic rings. The largest absolute Gasteiger partial charge is 0.493 e. The summed E-state index contributed by atoms with van der Waals surface area (Å²) in [5.41, 5.74) is 2.03. The number of hydrogen-bond acceptors (Lipinski definition) is 3. The van der Waals surface area contributed by atoms with Gasteiger partial charge in [-0.15, -0.1) is 0 Å². The Hall–Kier alpha value is -1.55. The van der Waals surface area contributed by atoms with Crippen LogP contribution < -0.4 is 10.1 Å². The molecule has 1 aromatic carbocycles. The molecular formula is C19H31NO3. The normalized spacial score (nSPS) is 13.5. The van der Waals surface area contributed by atoms with Gasteiger partial charge >= 0.3 is 0 Å². The van der Waals surface area contributed by atoms with E-state index in [0.29, 0.717) is 6.61 Å². The summed E-state index contributed by atoms with van der Waals surface area (Å²) in [6.07, 6.45) is 3.93. The van der Waals surface area contributed by atoms with E-state index in [4.69, 9.17) is 9.47 Å². The highest BCUT2D eigenvalue weighted by Gasteiger charge is 2.32. The number of methoxy groups -OCH3 is 1. The molecule has 1 rings (SSSR count). The smallest absolute Gasteiger partial charge is 0.256 e. The lowest BCUT2D eigenvalue weighted by molar-refractivity contribution is -0.136. The third-order valence-electron chi connectivity index (χ3n) is 4.20. The van der Waals surface area contributed by atoms with Gasteiger partial charge in [-0.25, -0.2) is 0 Å². The van der Waals surface area contributed by atoms with Crippen LogP contribution in [0.3, 0.4) is 0 Å². The Balaban J connectivity index is 2.87. The molecule has 0 aliphatic rings. The van der Waals surface area contributed by atoms with E-state index in [1.165, 1.54) is 0 Å². The number of anilines is 1. The minimum absolute atomic E-state index is 0.0981. The SMILES string of the molecule is CCCCC[C@@](C)(OC)C(=O)Nc1cc(C)c(OCC)c(C)c1. The molecule has 4 heteroatoms. The van der Waals surface area contributed by atoms with Crippen LogP contribution in [0.25, 0.3) is 0 Å². The molecule has 130 valence electrons. The van der Waals surface area contributed by atoms with Crippen LogP contribution >= 0.6 is 0 Å². The average Bonchev–Trinajstić information content (AvgIpc) is 2.51. The van der Waals surface area contributed by atoms with Gasteiger partial charge in [-0.05, 0) is 57.4 Å². The molecule has 0 bridgehead atoms. The summed E-state index contributed by atoms with van der Waals surface area (Å²) in [7, 11) is 1.60. The van der Waals surface area contributed by atoms with Gasteiger partial charge in [0, 0.05) is 12.8 Å². The molecule has 0 fully saturated rings. The van der Waals surface area contributed by atoms with Crippen molar-refractivity contribution in [3.8, 4) is 5.75 Å². The second kappa shape index (κ2) is 8.92. The molecule has 0 saturated carbocycles.